The Bertz CT molecular complexity index is 1390. The molecule has 1 amide bonds. The van der Waals surface area contributed by atoms with Crippen molar-refractivity contribution in [2.24, 2.45) is 29.4 Å². The molecule has 0 saturated heterocycles. The number of hydrogen-bond donors (Lipinski definition) is 3. The molecule has 5 rings (SSSR count). The maximum atomic E-state index is 14.7. The van der Waals surface area contributed by atoms with Gasteiger partial charge in [-0.1, -0.05) is 13.3 Å². The number of carbonyl (C=O) groups excluding carboxylic acids is 5. The third-order valence-corrected chi connectivity index (χ3v) is 9.80. The smallest absolute Gasteiger partial charge is 0.417 e. The number of hydrogen-bond acceptors (Lipinski definition) is 9. The quantitative estimate of drug-likeness (QED) is 0.413. The molecule has 6 atom stereocenters. The number of nitrogens with zero attached hydrogens (tertiary/aromatic N) is 2. The van der Waals surface area contributed by atoms with Crippen LogP contribution in [0.4, 0.5) is 13.2 Å². The zero-order valence-corrected chi connectivity index (χ0v) is 23.5. The number of primary amides is 1. The number of phenolic OH excluding ortho intramolecular Hbond substituents is 1. The van der Waals surface area contributed by atoms with Crippen LogP contribution in [0.2, 0.25) is 0 Å². The van der Waals surface area contributed by atoms with E-state index in [2.05, 4.69) is 0 Å². The van der Waals surface area contributed by atoms with E-state index >= 15 is 0 Å². The molecule has 0 bridgehead atoms. The monoisotopic (exact) mass is 593 g/mol. The van der Waals surface area contributed by atoms with E-state index in [1.807, 2.05) is 11.8 Å². The van der Waals surface area contributed by atoms with Crippen LogP contribution >= 0.6 is 0 Å². The van der Waals surface area contributed by atoms with Crippen LogP contribution < -0.4 is 5.73 Å². The summed E-state index contributed by atoms with van der Waals surface area (Å²) in [6.45, 7) is 2.22. The number of halogens is 3. The van der Waals surface area contributed by atoms with Gasteiger partial charge in [0.05, 0.1) is 23.1 Å². The number of fused-ring (bicyclic) bond motifs is 3. The SMILES string of the molecule is CCN(Cc1cc(O)c2c(c1C(F)(F)F)C[C@H]1C[C@H]3[C@H](N(C)C)C(=O)C(C(N)=O)C(=O)[C@@]3(O)C(=O)C1C2=O)C1CCC1. The summed E-state index contributed by atoms with van der Waals surface area (Å²) in [7, 11) is 2.87. The van der Waals surface area contributed by atoms with Gasteiger partial charge in [-0.3, -0.25) is 33.8 Å². The second kappa shape index (κ2) is 10.2. The fraction of sp³-hybridized carbons (Fsp3) is 0.621. The van der Waals surface area contributed by atoms with Crippen LogP contribution in [0, 0.1) is 23.7 Å². The van der Waals surface area contributed by atoms with Crippen LogP contribution in [-0.4, -0.2) is 87.4 Å². The standard InChI is InChI=1S/C29H34F3N3O7/c1-4-35(14-6-5-7-14)11-13-10-17(36)19-15(21(13)29(30,31)32)8-12-9-16-22(34(2)3)24(38)20(27(33)41)26(40)28(16,42)25(39)18(12)23(19)37/h10,12,14,16,18,20,22,36,42H,4-9,11H2,1-3H3,(H2,33,41)/t12-,16-,18?,20?,22-,28-/m0/s1. The van der Waals surface area contributed by atoms with E-state index in [0.29, 0.717) is 6.54 Å². The van der Waals surface area contributed by atoms with E-state index in [1.54, 1.807) is 0 Å². The van der Waals surface area contributed by atoms with Gasteiger partial charge in [0, 0.05) is 18.5 Å². The number of nitrogens with two attached hydrogens (primary N) is 1. The predicted molar refractivity (Wildman–Crippen MR) is 140 cm³/mol. The number of rotatable bonds is 6. The Morgan fingerprint density at radius 3 is 2.29 bits per heavy atom. The summed E-state index contributed by atoms with van der Waals surface area (Å²) in [5.41, 5.74) is 0.0329. The molecule has 0 radical (unpaired) electrons. The molecule has 0 aromatic heterocycles. The third kappa shape index (κ3) is 4.31. The molecule has 4 aliphatic carbocycles. The molecule has 4 N–H and O–H groups in total. The maximum absolute atomic E-state index is 14.7. The zero-order valence-electron chi connectivity index (χ0n) is 23.5. The first-order chi connectivity index (χ1) is 19.5. The zero-order chi connectivity index (χ0) is 31.0. The van der Waals surface area contributed by atoms with Crippen molar-refractivity contribution in [2.75, 3.05) is 20.6 Å². The molecule has 13 heteroatoms. The second-order valence-corrected chi connectivity index (χ2v) is 12.2. The van der Waals surface area contributed by atoms with Crippen molar-refractivity contribution < 1.29 is 47.4 Å². The van der Waals surface area contributed by atoms with E-state index in [9.17, 15) is 47.4 Å². The van der Waals surface area contributed by atoms with Gasteiger partial charge in [0.2, 0.25) is 5.91 Å². The molecule has 228 valence electrons. The van der Waals surface area contributed by atoms with Crippen LogP contribution in [0.1, 0.15) is 59.7 Å². The van der Waals surface area contributed by atoms with Gasteiger partial charge < -0.3 is 15.9 Å². The van der Waals surface area contributed by atoms with Gasteiger partial charge in [0.1, 0.15) is 5.75 Å². The Hall–Kier alpha value is -3.16. The number of alkyl halides is 3. The van der Waals surface area contributed by atoms with Crippen LogP contribution in [0.25, 0.3) is 0 Å². The minimum absolute atomic E-state index is 0.0966. The Balaban J connectivity index is 1.64. The highest BCUT2D eigenvalue weighted by atomic mass is 19.4. The molecule has 3 fully saturated rings. The number of aliphatic hydroxyl groups is 1. The molecule has 0 heterocycles. The van der Waals surface area contributed by atoms with Crippen molar-refractivity contribution in [2.45, 2.75) is 69.4 Å². The number of ketones is 4. The summed E-state index contributed by atoms with van der Waals surface area (Å²) >= 11 is 0. The number of Topliss-reactive ketones (excluding diaryl/α,β-unsaturated/α-hetero) is 4. The Morgan fingerprint density at radius 1 is 1.14 bits per heavy atom. The van der Waals surface area contributed by atoms with Crippen LogP contribution in [0.5, 0.6) is 5.75 Å². The molecule has 4 aliphatic rings. The number of amides is 1. The third-order valence-electron chi connectivity index (χ3n) is 9.80. The van der Waals surface area contributed by atoms with Crippen LogP contribution in [-0.2, 0) is 38.3 Å². The second-order valence-electron chi connectivity index (χ2n) is 12.2. The highest BCUT2D eigenvalue weighted by Crippen LogP contribution is 2.53. The maximum Gasteiger partial charge on any atom is 0.417 e. The molecule has 0 aliphatic heterocycles. The highest BCUT2D eigenvalue weighted by molar-refractivity contribution is 6.32. The Morgan fingerprint density at radius 2 is 1.79 bits per heavy atom. The first kappa shape index (κ1) is 30.3. The van der Waals surface area contributed by atoms with Gasteiger partial charge >= 0.3 is 6.18 Å². The molecule has 1 aromatic rings. The minimum Gasteiger partial charge on any atom is -0.507 e. The Kier molecular flexibility index (Phi) is 7.38. The van der Waals surface area contributed by atoms with E-state index < -0.39 is 99.4 Å². The van der Waals surface area contributed by atoms with Gasteiger partial charge in [0.25, 0.3) is 0 Å². The number of benzene rings is 1. The average Bonchev–Trinajstić information content (AvgIpc) is 2.83. The van der Waals surface area contributed by atoms with Crippen molar-refractivity contribution in [3.05, 3.63) is 28.3 Å². The predicted octanol–water partition coefficient (Wildman–Crippen LogP) is 1.26. The summed E-state index contributed by atoms with van der Waals surface area (Å²) in [6, 6.07) is -0.307. The molecule has 10 nitrogen and oxygen atoms in total. The van der Waals surface area contributed by atoms with Crippen LogP contribution in [0.15, 0.2) is 6.07 Å². The van der Waals surface area contributed by atoms with Crippen LogP contribution in [0.3, 0.4) is 0 Å². The summed E-state index contributed by atoms with van der Waals surface area (Å²) in [5.74, 6) is -13.3. The molecular weight excluding hydrogens is 559 g/mol. The van der Waals surface area contributed by atoms with E-state index in [4.69, 9.17) is 5.73 Å². The van der Waals surface area contributed by atoms with Crippen molar-refractivity contribution in [1.82, 2.24) is 9.80 Å². The topological polar surface area (TPSA) is 158 Å². The number of aromatic hydroxyl groups is 1. The normalized spacial score (nSPS) is 31.6. The lowest BCUT2D eigenvalue weighted by Crippen LogP contribution is -2.74. The van der Waals surface area contributed by atoms with Gasteiger partial charge in [0.15, 0.2) is 34.7 Å². The molecule has 1 aromatic carbocycles. The average molecular weight is 594 g/mol. The number of phenols is 1. The van der Waals surface area contributed by atoms with Gasteiger partial charge in [-0.2, -0.15) is 13.2 Å². The van der Waals surface area contributed by atoms with E-state index in [1.165, 1.54) is 19.0 Å². The molecule has 0 spiro atoms. The minimum atomic E-state index is -4.89. The molecule has 3 saturated carbocycles. The fourth-order valence-corrected chi connectivity index (χ4v) is 7.69. The van der Waals surface area contributed by atoms with Crippen molar-refractivity contribution in [3.63, 3.8) is 0 Å². The lowest BCUT2D eigenvalue weighted by Gasteiger charge is -2.52. The lowest BCUT2D eigenvalue weighted by molar-refractivity contribution is -0.181. The van der Waals surface area contributed by atoms with E-state index in [-0.39, 0.29) is 24.6 Å². The fourth-order valence-electron chi connectivity index (χ4n) is 7.69. The Labute approximate surface area is 240 Å². The lowest BCUT2D eigenvalue weighted by atomic mass is 9.52. The first-order valence-corrected chi connectivity index (χ1v) is 14.1. The van der Waals surface area contributed by atoms with E-state index in [0.717, 1.165) is 25.3 Å². The highest BCUT2D eigenvalue weighted by Gasteiger charge is 2.69. The van der Waals surface area contributed by atoms with Gasteiger partial charge in [-0.25, -0.2) is 0 Å². The van der Waals surface area contributed by atoms with Crippen molar-refractivity contribution >= 4 is 29.0 Å². The molecule has 2 unspecified atom stereocenters. The largest absolute Gasteiger partial charge is 0.507 e. The summed E-state index contributed by atoms with van der Waals surface area (Å²) in [5, 5.41) is 22.5. The number of carbonyl (C=O) groups is 5. The summed E-state index contributed by atoms with van der Waals surface area (Å²) in [4.78, 5) is 69.5. The van der Waals surface area contributed by atoms with Crippen molar-refractivity contribution in [3.8, 4) is 5.75 Å². The summed E-state index contributed by atoms with van der Waals surface area (Å²) < 4.78 is 44.1. The van der Waals surface area contributed by atoms with Crippen molar-refractivity contribution in [1.29, 1.82) is 0 Å². The number of likely N-dealkylation sites (N-methyl/N-ethyl adjacent to an activating group) is 1. The van der Waals surface area contributed by atoms with Gasteiger partial charge in [-0.15, -0.1) is 0 Å². The molecule has 42 heavy (non-hydrogen) atoms. The molecular formula is C29H34F3N3O7. The first-order valence-electron chi connectivity index (χ1n) is 14.1. The van der Waals surface area contributed by atoms with Gasteiger partial charge in [-0.05, 0) is 69.4 Å². The summed E-state index contributed by atoms with van der Waals surface area (Å²) in [6.07, 6.45) is -2.99.